The highest BCUT2D eigenvalue weighted by atomic mass is 35.5. The van der Waals surface area contributed by atoms with Crippen molar-refractivity contribution in [3.05, 3.63) is 103 Å². The number of nitrogens with one attached hydrogen (secondary N) is 2. The fourth-order valence-electron chi connectivity index (χ4n) is 8.64. The van der Waals surface area contributed by atoms with Gasteiger partial charge in [0.1, 0.15) is 5.75 Å². The van der Waals surface area contributed by atoms with Crippen molar-refractivity contribution in [2.24, 2.45) is 29.6 Å². The molecule has 0 radical (unpaired) electrons. The van der Waals surface area contributed by atoms with Crippen LogP contribution in [0, 0.1) is 29.6 Å². The van der Waals surface area contributed by atoms with Crippen molar-refractivity contribution < 1.29 is 41.8 Å². The highest BCUT2D eigenvalue weighted by Gasteiger charge is 2.70. The van der Waals surface area contributed by atoms with Crippen molar-refractivity contribution >= 4 is 69.8 Å². The number of thioether (sulfide) groups is 1. The summed E-state index contributed by atoms with van der Waals surface area (Å²) in [5.41, 5.74) is -0.194. The van der Waals surface area contributed by atoms with Gasteiger partial charge in [-0.25, -0.2) is 4.79 Å². The summed E-state index contributed by atoms with van der Waals surface area (Å²) in [5.74, 6) is -4.12. The zero-order chi connectivity index (χ0) is 37.3. The topological polar surface area (TPSA) is 135 Å². The first-order valence-electron chi connectivity index (χ1n) is 16.8. The van der Waals surface area contributed by atoms with Gasteiger partial charge in [0.2, 0.25) is 11.8 Å². The monoisotopic (exact) mass is 783 g/mol. The van der Waals surface area contributed by atoms with E-state index in [1.54, 1.807) is 37.3 Å². The fourth-order valence-corrected chi connectivity index (χ4v) is 11.7. The Labute approximate surface area is 313 Å². The average Bonchev–Trinajstić information content (AvgIpc) is 3.86. The minimum Gasteiger partial charge on any atom is -0.483 e. The smallest absolute Gasteiger partial charge is 0.418 e. The second-order valence-corrected chi connectivity index (χ2v) is 15.9. The number of amides is 3. The van der Waals surface area contributed by atoms with Gasteiger partial charge in [-0.15, -0.1) is 11.8 Å². The van der Waals surface area contributed by atoms with Crippen LogP contribution in [-0.2, 0) is 25.3 Å². The van der Waals surface area contributed by atoms with E-state index in [1.807, 2.05) is 0 Å². The number of H-pyrrole nitrogens is 1. The Morgan fingerprint density at radius 1 is 1.00 bits per heavy atom. The molecule has 0 unspecified atom stereocenters. The minimum atomic E-state index is -4.68. The highest BCUT2D eigenvalue weighted by molar-refractivity contribution is 8.00. The number of carbonyl (C=O) groups excluding carboxylic acids is 4. The van der Waals surface area contributed by atoms with Gasteiger partial charge in [-0.3, -0.25) is 24.1 Å². The lowest BCUT2D eigenvalue weighted by Gasteiger charge is -2.43. The number of hydrogen-bond acceptors (Lipinski definition) is 9. The van der Waals surface area contributed by atoms with Gasteiger partial charge in [0, 0.05) is 26.6 Å². The van der Waals surface area contributed by atoms with Crippen LogP contribution < -0.4 is 19.8 Å². The van der Waals surface area contributed by atoms with Crippen molar-refractivity contribution in [2.75, 3.05) is 23.4 Å². The number of anilines is 2. The minimum absolute atomic E-state index is 0.166. The van der Waals surface area contributed by atoms with E-state index in [0.29, 0.717) is 38.2 Å². The Kier molecular flexibility index (Phi) is 8.93. The van der Waals surface area contributed by atoms with Crippen molar-refractivity contribution in [1.82, 2.24) is 4.98 Å². The largest absolute Gasteiger partial charge is 0.483 e. The lowest BCUT2D eigenvalue weighted by molar-refractivity contribution is -0.137. The van der Waals surface area contributed by atoms with Crippen LogP contribution in [0.5, 0.6) is 5.75 Å². The summed E-state index contributed by atoms with van der Waals surface area (Å²) in [6.45, 7) is 1.28. The van der Waals surface area contributed by atoms with Crippen molar-refractivity contribution in [1.29, 1.82) is 0 Å². The quantitative estimate of drug-likeness (QED) is 0.145. The third kappa shape index (κ3) is 6.02. The number of rotatable bonds is 8. The number of aromatic amines is 1. The number of fused-ring (bicyclic) bond motifs is 9. The molecule has 10 nitrogen and oxygen atoms in total. The van der Waals surface area contributed by atoms with Crippen LogP contribution in [0.1, 0.15) is 45.6 Å². The molecule has 2 N–H and O–H groups in total. The SMILES string of the molecule is CCOC(=O)c1ccc(N2C(=O)[C@H]3[C@H]4C[C@@H]([C@@H]3C2=O)[C@@H]2[C@H](c3cc(Cl)ccc3OCC(=O)Nc3ccccc3C(F)(F)F)c3sc(=O)[nH]c3S[C@H]42)cc1. The molecule has 4 aromatic rings. The number of aromatic nitrogens is 1. The number of thiazole rings is 1. The van der Waals surface area contributed by atoms with Crippen LogP contribution in [-0.4, -0.2) is 47.1 Å². The van der Waals surface area contributed by atoms with Gasteiger partial charge in [-0.2, -0.15) is 13.2 Å². The second kappa shape index (κ2) is 13.4. The maximum absolute atomic E-state index is 14.2. The molecular weight excluding hydrogens is 755 g/mol. The van der Waals surface area contributed by atoms with Crippen LogP contribution in [0.4, 0.5) is 24.5 Å². The van der Waals surface area contributed by atoms with E-state index >= 15 is 0 Å². The third-order valence-electron chi connectivity index (χ3n) is 10.5. The number of hydrogen-bond donors (Lipinski definition) is 2. The highest BCUT2D eigenvalue weighted by Crippen LogP contribution is 2.69. The number of alkyl halides is 3. The number of esters is 1. The van der Waals surface area contributed by atoms with E-state index in [1.165, 1.54) is 40.9 Å². The molecule has 0 spiro atoms. The summed E-state index contributed by atoms with van der Waals surface area (Å²) in [4.78, 5) is 70.8. The van der Waals surface area contributed by atoms with E-state index < -0.39 is 53.7 Å². The third-order valence-corrected chi connectivity index (χ3v) is 13.4. The van der Waals surface area contributed by atoms with Crippen molar-refractivity contribution in [3.8, 4) is 5.75 Å². The van der Waals surface area contributed by atoms with Crippen LogP contribution in [0.15, 0.2) is 76.6 Å². The van der Waals surface area contributed by atoms with Gasteiger partial charge in [0.15, 0.2) is 6.61 Å². The maximum atomic E-state index is 14.2. The molecule has 53 heavy (non-hydrogen) atoms. The molecule has 3 amide bonds. The summed E-state index contributed by atoms with van der Waals surface area (Å²) in [7, 11) is 0. The predicted molar refractivity (Wildman–Crippen MR) is 190 cm³/mol. The van der Waals surface area contributed by atoms with Crippen LogP contribution >= 0.6 is 34.7 Å². The zero-order valence-electron chi connectivity index (χ0n) is 27.6. The first-order chi connectivity index (χ1) is 25.3. The van der Waals surface area contributed by atoms with E-state index in [4.69, 9.17) is 21.1 Å². The number of benzene rings is 3. The fraction of sp³-hybridized carbons (Fsp3) is 0.324. The molecule has 2 bridgehead atoms. The van der Waals surface area contributed by atoms with Crippen LogP contribution in [0.25, 0.3) is 0 Å². The summed E-state index contributed by atoms with van der Waals surface area (Å²) in [5, 5.41) is 3.11. The summed E-state index contributed by atoms with van der Waals surface area (Å²) in [6, 6.07) is 15.6. The molecule has 16 heteroatoms. The van der Waals surface area contributed by atoms with Gasteiger partial charge in [0.05, 0.1) is 46.0 Å². The average molecular weight is 784 g/mol. The number of para-hydroxylation sites is 1. The number of halogens is 4. The molecule has 2 saturated carbocycles. The summed E-state index contributed by atoms with van der Waals surface area (Å²) < 4.78 is 51.7. The molecule has 3 aromatic carbocycles. The van der Waals surface area contributed by atoms with E-state index in [2.05, 4.69) is 10.3 Å². The molecule has 1 aromatic heterocycles. The standard InChI is InChI=1S/C37H29ClF3N3O7S2/c1-2-50-35(48)16-7-10-18(11-8-16)44-33(46)28-20-14-21(29(28)34(44)47)30-27(20)26(31-32(52-30)43-36(49)53-31)19-13-17(38)9-12-24(19)51-15-25(45)42-23-6-4-3-5-22(23)37(39,40)41/h3-13,20-21,26-30H,2,14-15H2,1H3,(H,42,45)(H,43,49)/t20-,21-,26+,27-,28+,29+,30-/m1/s1. The summed E-state index contributed by atoms with van der Waals surface area (Å²) in [6.07, 6.45) is -4.07. The Morgan fingerprint density at radius 3 is 2.43 bits per heavy atom. The lowest BCUT2D eigenvalue weighted by atomic mass is 9.68. The first kappa shape index (κ1) is 35.4. The zero-order valence-corrected chi connectivity index (χ0v) is 30.0. The first-order valence-corrected chi connectivity index (χ1v) is 18.9. The lowest BCUT2D eigenvalue weighted by Crippen LogP contribution is -2.42. The second-order valence-electron chi connectivity index (χ2n) is 13.3. The molecule has 2 aliphatic carbocycles. The van der Waals surface area contributed by atoms with Crippen LogP contribution in [0.2, 0.25) is 5.02 Å². The number of ether oxygens (including phenoxy) is 2. The molecule has 1 saturated heterocycles. The molecular formula is C37H29ClF3N3O7S2. The predicted octanol–water partition coefficient (Wildman–Crippen LogP) is 6.98. The molecule has 3 heterocycles. The Hall–Kier alpha value is -4.60. The van der Waals surface area contributed by atoms with Crippen molar-refractivity contribution in [3.63, 3.8) is 0 Å². The molecule has 2 aliphatic heterocycles. The van der Waals surface area contributed by atoms with Crippen LogP contribution in [0.3, 0.4) is 0 Å². The Balaban J connectivity index is 1.10. The number of imide groups is 1. The molecule has 7 atom stereocenters. The maximum Gasteiger partial charge on any atom is 0.418 e. The van der Waals surface area contributed by atoms with Gasteiger partial charge in [-0.05, 0) is 85.7 Å². The van der Waals surface area contributed by atoms with E-state index in [-0.39, 0.29) is 52.0 Å². The van der Waals surface area contributed by atoms with Gasteiger partial charge >= 0.3 is 17.0 Å². The normalized spacial score (nSPS) is 25.5. The van der Waals surface area contributed by atoms with Gasteiger partial charge < -0.3 is 19.8 Å². The summed E-state index contributed by atoms with van der Waals surface area (Å²) >= 11 is 9.06. The van der Waals surface area contributed by atoms with Gasteiger partial charge in [-0.1, -0.05) is 35.1 Å². The van der Waals surface area contributed by atoms with E-state index in [9.17, 15) is 37.1 Å². The van der Waals surface area contributed by atoms with Gasteiger partial charge in [0.25, 0.3) is 5.91 Å². The Morgan fingerprint density at radius 2 is 1.72 bits per heavy atom. The molecule has 4 aliphatic rings. The molecule has 274 valence electrons. The number of carbonyl (C=O) groups is 4. The molecule has 8 rings (SSSR count). The molecule has 3 fully saturated rings. The number of nitrogens with zero attached hydrogens (tertiary/aromatic N) is 1. The Bertz CT molecular complexity index is 2230. The van der Waals surface area contributed by atoms with Crippen molar-refractivity contribution in [2.45, 2.75) is 35.7 Å². The van der Waals surface area contributed by atoms with E-state index in [0.717, 1.165) is 23.5 Å².